The first kappa shape index (κ1) is 18.1. The van der Waals surface area contributed by atoms with Crippen molar-refractivity contribution in [2.75, 3.05) is 12.4 Å². The van der Waals surface area contributed by atoms with Gasteiger partial charge in [0.1, 0.15) is 5.00 Å². The van der Waals surface area contributed by atoms with Crippen molar-refractivity contribution in [3.05, 3.63) is 34.0 Å². The summed E-state index contributed by atoms with van der Waals surface area (Å²) < 4.78 is 6.29. The minimum Gasteiger partial charge on any atom is -0.481 e. The second-order valence-electron chi connectivity index (χ2n) is 5.97. The van der Waals surface area contributed by atoms with Gasteiger partial charge in [-0.15, -0.1) is 11.3 Å². The van der Waals surface area contributed by atoms with E-state index in [9.17, 15) is 14.4 Å². The summed E-state index contributed by atoms with van der Waals surface area (Å²) in [6.07, 6.45) is 5.25. The lowest BCUT2D eigenvalue weighted by molar-refractivity contribution is -0.137. The van der Waals surface area contributed by atoms with E-state index in [0.717, 1.165) is 36.1 Å². The molecule has 0 unspecified atom stereocenters. The first-order valence-electron chi connectivity index (χ1n) is 8.29. The standard InChI is InChI=1S/C17H19N3O5S/c1-25-17(24)14-10-4-2-3-5-12(10)26-16(14)18-15(23)11-6-8-20(19-11)9-7-13(21)22/h6,8H,2-5,7,9H2,1H3,(H,18,23)(H,21,22). The summed E-state index contributed by atoms with van der Waals surface area (Å²) in [7, 11) is 1.32. The Morgan fingerprint density at radius 3 is 2.85 bits per heavy atom. The number of ether oxygens (including phenoxy) is 1. The van der Waals surface area contributed by atoms with Gasteiger partial charge in [0, 0.05) is 11.1 Å². The Hall–Kier alpha value is -2.68. The van der Waals surface area contributed by atoms with Crippen molar-refractivity contribution >= 4 is 34.2 Å². The molecule has 1 amide bonds. The molecule has 0 aromatic carbocycles. The van der Waals surface area contributed by atoms with Crippen LogP contribution in [0.5, 0.6) is 0 Å². The van der Waals surface area contributed by atoms with Gasteiger partial charge in [-0.25, -0.2) is 4.79 Å². The van der Waals surface area contributed by atoms with Crippen LogP contribution in [0.1, 0.15) is 50.5 Å². The number of carboxylic acid groups (broad SMARTS) is 1. The summed E-state index contributed by atoms with van der Waals surface area (Å²) >= 11 is 1.40. The molecule has 3 rings (SSSR count). The minimum absolute atomic E-state index is 0.0765. The third kappa shape index (κ3) is 3.77. The number of methoxy groups -OCH3 is 1. The molecule has 0 fully saturated rings. The third-order valence-corrected chi connectivity index (χ3v) is 5.42. The van der Waals surface area contributed by atoms with Crippen molar-refractivity contribution < 1.29 is 24.2 Å². The normalized spacial score (nSPS) is 13.1. The zero-order chi connectivity index (χ0) is 18.7. The van der Waals surface area contributed by atoms with Crippen LogP contribution in [0.25, 0.3) is 0 Å². The number of amides is 1. The van der Waals surface area contributed by atoms with Crippen LogP contribution in [-0.4, -0.2) is 39.8 Å². The number of aromatic nitrogens is 2. The smallest absolute Gasteiger partial charge is 0.341 e. The van der Waals surface area contributed by atoms with Gasteiger partial charge in [-0.2, -0.15) is 5.10 Å². The van der Waals surface area contributed by atoms with Gasteiger partial charge < -0.3 is 15.2 Å². The molecule has 2 aromatic heterocycles. The second-order valence-corrected chi connectivity index (χ2v) is 7.07. The Labute approximate surface area is 153 Å². The van der Waals surface area contributed by atoms with Crippen molar-refractivity contribution in [2.24, 2.45) is 0 Å². The number of aliphatic carboxylic acids is 1. The van der Waals surface area contributed by atoms with E-state index in [-0.39, 0.29) is 18.7 Å². The number of thiophene rings is 1. The zero-order valence-corrected chi connectivity index (χ0v) is 15.1. The maximum atomic E-state index is 12.5. The highest BCUT2D eigenvalue weighted by Gasteiger charge is 2.27. The zero-order valence-electron chi connectivity index (χ0n) is 14.3. The predicted molar refractivity (Wildman–Crippen MR) is 94.7 cm³/mol. The van der Waals surface area contributed by atoms with Gasteiger partial charge in [0.2, 0.25) is 0 Å². The molecule has 0 saturated carbocycles. The fourth-order valence-corrected chi connectivity index (χ4v) is 4.23. The SMILES string of the molecule is COC(=O)c1c(NC(=O)c2ccn(CCC(=O)O)n2)sc2c1CCCC2. The van der Waals surface area contributed by atoms with E-state index in [1.807, 2.05) is 0 Å². The van der Waals surface area contributed by atoms with E-state index in [2.05, 4.69) is 10.4 Å². The van der Waals surface area contributed by atoms with Crippen molar-refractivity contribution in [1.82, 2.24) is 9.78 Å². The average Bonchev–Trinajstić information content (AvgIpc) is 3.23. The van der Waals surface area contributed by atoms with Crippen LogP contribution >= 0.6 is 11.3 Å². The molecule has 0 saturated heterocycles. The van der Waals surface area contributed by atoms with Crippen LogP contribution in [0.4, 0.5) is 5.00 Å². The molecule has 2 aromatic rings. The number of aryl methyl sites for hydroxylation is 2. The van der Waals surface area contributed by atoms with Crippen molar-refractivity contribution in [2.45, 2.75) is 38.6 Å². The number of carbonyl (C=O) groups is 3. The molecule has 0 atom stereocenters. The monoisotopic (exact) mass is 377 g/mol. The average molecular weight is 377 g/mol. The molecule has 0 radical (unpaired) electrons. The van der Waals surface area contributed by atoms with Gasteiger partial charge in [0.05, 0.1) is 25.6 Å². The predicted octanol–water partition coefficient (Wildman–Crippen LogP) is 2.34. The Morgan fingerprint density at radius 1 is 1.35 bits per heavy atom. The Morgan fingerprint density at radius 2 is 2.12 bits per heavy atom. The van der Waals surface area contributed by atoms with E-state index in [0.29, 0.717) is 10.6 Å². The fourth-order valence-electron chi connectivity index (χ4n) is 2.96. The van der Waals surface area contributed by atoms with E-state index in [4.69, 9.17) is 9.84 Å². The van der Waals surface area contributed by atoms with E-state index in [1.165, 1.54) is 29.2 Å². The number of hydrogen-bond donors (Lipinski definition) is 2. The lowest BCUT2D eigenvalue weighted by Gasteiger charge is -2.11. The van der Waals surface area contributed by atoms with Crippen LogP contribution in [0.3, 0.4) is 0 Å². The van der Waals surface area contributed by atoms with Gasteiger partial charge in [-0.3, -0.25) is 14.3 Å². The lowest BCUT2D eigenvalue weighted by Crippen LogP contribution is -2.16. The number of nitrogens with zero attached hydrogens (tertiary/aromatic N) is 2. The number of carboxylic acids is 1. The van der Waals surface area contributed by atoms with Crippen molar-refractivity contribution in [3.8, 4) is 0 Å². The molecule has 0 aliphatic heterocycles. The lowest BCUT2D eigenvalue weighted by atomic mass is 9.95. The quantitative estimate of drug-likeness (QED) is 0.748. The molecule has 26 heavy (non-hydrogen) atoms. The largest absolute Gasteiger partial charge is 0.481 e. The fraction of sp³-hybridized carbons (Fsp3) is 0.412. The first-order valence-corrected chi connectivity index (χ1v) is 9.10. The number of fused-ring (bicyclic) bond motifs is 1. The number of nitrogens with one attached hydrogen (secondary N) is 1. The van der Waals surface area contributed by atoms with Crippen molar-refractivity contribution in [3.63, 3.8) is 0 Å². The maximum absolute atomic E-state index is 12.5. The number of carbonyl (C=O) groups excluding carboxylic acids is 2. The highest BCUT2D eigenvalue weighted by Crippen LogP contribution is 2.38. The molecule has 2 N–H and O–H groups in total. The number of anilines is 1. The molecule has 2 heterocycles. The Balaban J connectivity index is 1.80. The summed E-state index contributed by atoms with van der Waals surface area (Å²) in [5, 5.41) is 16.0. The number of esters is 1. The summed E-state index contributed by atoms with van der Waals surface area (Å²) in [5.41, 5.74) is 1.57. The molecule has 8 nitrogen and oxygen atoms in total. The second kappa shape index (κ2) is 7.69. The molecule has 0 spiro atoms. The minimum atomic E-state index is -0.932. The van der Waals surface area contributed by atoms with Crippen LogP contribution in [0.15, 0.2) is 12.3 Å². The summed E-state index contributed by atoms with van der Waals surface area (Å²) in [5.74, 6) is -1.83. The van der Waals surface area contributed by atoms with Gasteiger partial charge in [-0.1, -0.05) is 0 Å². The molecular weight excluding hydrogens is 358 g/mol. The van der Waals surface area contributed by atoms with E-state index < -0.39 is 17.8 Å². The van der Waals surface area contributed by atoms with Crippen LogP contribution in [0.2, 0.25) is 0 Å². The van der Waals surface area contributed by atoms with Crippen LogP contribution in [-0.2, 0) is 28.9 Å². The number of hydrogen-bond acceptors (Lipinski definition) is 6. The summed E-state index contributed by atoms with van der Waals surface area (Å²) in [4.78, 5) is 36.4. The van der Waals surface area contributed by atoms with Crippen molar-refractivity contribution in [1.29, 1.82) is 0 Å². The van der Waals surface area contributed by atoms with E-state index >= 15 is 0 Å². The summed E-state index contributed by atoms with van der Waals surface area (Å²) in [6, 6.07) is 1.52. The van der Waals surface area contributed by atoms with Gasteiger partial charge in [-0.05, 0) is 37.3 Å². The Bertz CT molecular complexity index is 855. The molecule has 1 aliphatic rings. The first-order chi connectivity index (χ1) is 12.5. The maximum Gasteiger partial charge on any atom is 0.341 e. The highest BCUT2D eigenvalue weighted by molar-refractivity contribution is 7.17. The molecule has 9 heteroatoms. The van der Waals surface area contributed by atoms with Gasteiger partial charge in [0.15, 0.2) is 5.69 Å². The summed E-state index contributed by atoms with van der Waals surface area (Å²) in [6.45, 7) is 0.184. The Kier molecular flexibility index (Phi) is 5.36. The van der Waals surface area contributed by atoms with Gasteiger partial charge >= 0.3 is 11.9 Å². The van der Waals surface area contributed by atoms with Crippen LogP contribution in [0, 0.1) is 0 Å². The highest BCUT2D eigenvalue weighted by atomic mass is 32.1. The molecule has 1 aliphatic carbocycles. The molecule has 0 bridgehead atoms. The van der Waals surface area contributed by atoms with Gasteiger partial charge in [0.25, 0.3) is 5.91 Å². The molecular formula is C17H19N3O5S. The third-order valence-electron chi connectivity index (χ3n) is 4.22. The van der Waals surface area contributed by atoms with Crippen LogP contribution < -0.4 is 5.32 Å². The number of rotatable bonds is 6. The molecule has 138 valence electrons. The van der Waals surface area contributed by atoms with E-state index in [1.54, 1.807) is 6.20 Å². The topological polar surface area (TPSA) is 111 Å².